The molecule has 131 heavy (non-hydrogen) atoms. The minimum atomic E-state index is -0.321. The summed E-state index contributed by atoms with van der Waals surface area (Å²) in [6.45, 7) is 15.0. The fourth-order valence-corrected chi connectivity index (χ4v) is 21.0. The molecule has 5 aromatic carbocycles. The average molecular weight is 1790 g/mol. The standard InChI is InChI=1S/C21H22FNO3.C21H24N2O4.C21H24N2O3.C20H21FN2O3.C20H23N3O3/c22-19-3-1-2-4-21(19)26-18-9-15-11-23(12-16(15)10-18)13-20(25)14-5-7-17(24)8-6-14;1-26-17-3-2-4-18(9-17)27-19-7-14-11-23(12-15(14)8-19)13-21(25)20-6-5-16(24)10-22-20;1-14-2-7-19(10-22-14)26-20-8-16-11-23(12-17(16)9-20)13-21(25)15-3-5-18(24)6-4-15;21-17-3-1-2-4-20(17)26-16-7-13-10-23(11-14(13)8-16)12-19(25)18-6-5-15(24)9-22-18;1-13-2-4-17(9-21-13)26-18-6-14-10-23(11-15(14)7-18)12-20(25)19-5-3-16(24)8-22-19/h1-8,15-16,18,24H,9-13H2;2-6,9-10,14-15,19,24H,7-8,11-13H2,1H3;2-7,10,16-17,20,24H,8-9,11-13H2,1H3;1-6,9,13-14,16,24H,7-8,10-12H2;2-5,8-9,14-15,18,24H,6-7,10-12H2,1H3/t15-,16+,18?;14-,15+,19?;16-,17+,20?;13-,14+,16?;14-,15+,18?. The van der Waals surface area contributed by atoms with Gasteiger partial charge in [0.15, 0.2) is 52.0 Å². The van der Waals surface area contributed by atoms with E-state index in [0.29, 0.717) is 132 Å². The van der Waals surface area contributed by atoms with Crippen LogP contribution in [0.25, 0.3) is 0 Å². The SMILES string of the molecule is COc1cccc(OC2C[C@@H]3CN(CC(=O)c4ccc(O)cn4)C[C@@H]3C2)c1.Cc1ccc(OC2C[C@@H]3CN(CC(=O)c4ccc(O)cc4)C[C@@H]3C2)cn1.Cc1ccc(OC2C[C@@H]3CN(CC(=O)c4ccc(O)cn4)C[C@@H]3C2)cn1.O=C(CN1C[C@H]2CC(Oc3ccccc3F)C[C@H]2C1)c1ccc(O)cc1.O=C(CN1C[C@H]2CC(Oc3ccccc3F)C[C@H]2C1)c1ccc(O)cn1. The third kappa shape index (κ3) is 24.9. The zero-order valence-corrected chi connectivity index (χ0v) is 74.0. The van der Waals surface area contributed by atoms with Crippen molar-refractivity contribution in [2.75, 3.05) is 105 Å². The number of ether oxygens (including phenoxy) is 6. The molecular weight excluding hydrogens is 1670 g/mol. The first-order valence-electron chi connectivity index (χ1n) is 45.5. The molecule has 5 unspecified atom stereocenters. The van der Waals surface area contributed by atoms with E-state index in [1.54, 1.807) is 110 Å². The number of phenols is 2. The van der Waals surface area contributed by atoms with Crippen molar-refractivity contribution in [3.8, 4) is 63.2 Å². The number of hydrogen-bond acceptors (Lipinski definition) is 26. The zero-order valence-electron chi connectivity index (χ0n) is 74.0. The van der Waals surface area contributed by atoms with E-state index in [0.717, 1.165) is 164 Å². The van der Waals surface area contributed by atoms with Crippen LogP contribution in [-0.4, -0.2) is 240 Å². The van der Waals surface area contributed by atoms with Crippen LogP contribution in [0.2, 0.25) is 0 Å². The number of rotatable bonds is 26. The van der Waals surface area contributed by atoms with E-state index in [9.17, 15) is 58.3 Å². The van der Waals surface area contributed by atoms with Crippen LogP contribution in [0.4, 0.5) is 8.78 Å². The number of para-hydroxylation sites is 2. The molecule has 10 aromatic rings. The summed E-state index contributed by atoms with van der Waals surface area (Å²) in [6.07, 6.45) is 18.1. The first-order valence-corrected chi connectivity index (χ1v) is 45.5. The number of likely N-dealkylation sites (tertiary alicyclic amines) is 5. The molecule has 0 spiro atoms. The molecule has 26 nitrogen and oxygen atoms in total. The number of nitrogens with zero attached hydrogens (tertiary/aromatic N) is 10. The van der Waals surface area contributed by atoms with Crippen LogP contribution < -0.4 is 28.4 Å². The number of carbonyl (C=O) groups is 5. The number of fused-ring (bicyclic) bond motifs is 5. The highest BCUT2D eigenvalue weighted by molar-refractivity contribution is 5.99. The van der Waals surface area contributed by atoms with Gasteiger partial charge in [-0.3, -0.25) is 58.4 Å². The molecule has 0 amide bonds. The molecule has 28 heteroatoms. The minimum absolute atomic E-state index is 0.000783. The highest BCUT2D eigenvalue weighted by Crippen LogP contribution is 2.46. The number of Topliss-reactive ketones (excluding diaryl/α,β-unsaturated/α-hetero) is 5. The molecule has 10 aliphatic rings. The molecule has 5 N–H and O–H groups in total. The number of carbonyl (C=O) groups excluding carboxylic acids is 5. The van der Waals surface area contributed by atoms with Gasteiger partial charge < -0.3 is 54.0 Å². The van der Waals surface area contributed by atoms with Crippen LogP contribution in [0.5, 0.6) is 63.2 Å². The average Bonchev–Trinajstić information content (AvgIpc) is 1.68. The van der Waals surface area contributed by atoms with E-state index < -0.39 is 0 Å². The predicted octanol–water partition coefficient (Wildman–Crippen LogP) is 14.7. The Balaban J connectivity index is 0.000000120. The maximum atomic E-state index is 13.7. The Morgan fingerprint density at radius 3 is 0.847 bits per heavy atom. The molecule has 20 rings (SSSR count). The molecule has 15 atom stereocenters. The van der Waals surface area contributed by atoms with Crippen molar-refractivity contribution in [2.24, 2.45) is 59.2 Å². The van der Waals surface area contributed by atoms with Crippen LogP contribution in [0.15, 0.2) is 213 Å². The number of aromatic hydroxyl groups is 5. The van der Waals surface area contributed by atoms with Crippen molar-refractivity contribution in [3.05, 3.63) is 264 Å². The first-order chi connectivity index (χ1) is 63.4. The number of aryl methyl sites for hydroxylation is 2. The van der Waals surface area contributed by atoms with Crippen LogP contribution in [-0.2, 0) is 0 Å². The second-order valence-electron chi connectivity index (χ2n) is 36.9. The zero-order chi connectivity index (χ0) is 91.2. The molecular formula is C103H114F2N10O16. The fourth-order valence-electron chi connectivity index (χ4n) is 21.0. The van der Waals surface area contributed by atoms with E-state index in [1.807, 2.05) is 62.4 Å². The van der Waals surface area contributed by atoms with Crippen molar-refractivity contribution < 1.29 is 86.7 Å². The van der Waals surface area contributed by atoms with Crippen molar-refractivity contribution in [1.29, 1.82) is 0 Å². The monoisotopic (exact) mass is 1780 g/mol. The van der Waals surface area contributed by atoms with Crippen LogP contribution in [0, 0.1) is 84.7 Å². The summed E-state index contributed by atoms with van der Waals surface area (Å²) in [5.74, 6) is 9.53. The van der Waals surface area contributed by atoms with E-state index in [1.165, 1.54) is 61.1 Å². The largest absolute Gasteiger partial charge is 0.508 e. The van der Waals surface area contributed by atoms with Crippen LogP contribution in [0.3, 0.4) is 0 Å². The quantitative estimate of drug-likeness (QED) is 0.0314. The lowest BCUT2D eigenvalue weighted by Gasteiger charge is -2.19. The van der Waals surface area contributed by atoms with Gasteiger partial charge in [-0.25, -0.2) is 23.7 Å². The molecule has 5 aromatic heterocycles. The summed E-state index contributed by atoms with van der Waals surface area (Å²) < 4.78 is 62.7. The number of methoxy groups -OCH3 is 1. The topological polar surface area (TPSA) is 323 Å². The van der Waals surface area contributed by atoms with E-state index in [4.69, 9.17) is 28.4 Å². The molecule has 5 saturated heterocycles. The first kappa shape index (κ1) is 92.0. The number of aromatic nitrogens is 5. The van der Waals surface area contributed by atoms with Gasteiger partial charge in [0.2, 0.25) is 0 Å². The Labute approximate surface area is 761 Å². The molecule has 5 saturated carbocycles. The number of benzene rings is 5. The highest BCUT2D eigenvalue weighted by atomic mass is 19.1. The lowest BCUT2D eigenvalue weighted by Crippen LogP contribution is -2.30. The Hall–Kier alpha value is -12.3. The van der Waals surface area contributed by atoms with E-state index >= 15 is 0 Å². The Morgan fingerprint density at radius 2 is 0.573 bits per heavy atom. The second-order valence-corrected chi connectivity index (χ2v) is 36.9. The molecule has 10 heterocycles. The van der Waals surface area contributed by atoms with Gasteiger partial charge in [0.1, 0.15) is 68.8 Å². The maximum absolute atomic E-state index is 13.7. The molecule has 5 aliphatic heterocycles. The van der Waals surface area contributed by atoms with Crippen LogP contribution >= 0.6 is 0 Å². The lowest BCUT2D eigenvalue weighted by atomic mass is 10.0. The van der Waals surface area contributed by atoms with Crippen molar-refractivity contribution >= 4 is 28.9 Å². The molecule has 0 radical (unpaired) electrons. The number of pyridine rings is 5. The fraction of sp³-hybridized carbons (Fsp3) is 0.417. The summed E-state index contributed by atoms with van der Waals surface area (Å²) in [5.41, 5.74) is 4.46. The van der Waals surface area contributed by atoms with Crippen molar-refractivity contribution in [1.82, 2.24) is 49.4 Å². The number of phenolic OH excluding ortho intramolecular Hbond substituents is 2. The van der Waals surface area contributed by atoms with Gasteiger partial charge in [-0.1, -0.05) is 30.3 Å². The van der Waals surface area contributed by atoms with E-state index in [-0.39, 0.29) is 99.8 Å². The summed E-state index contributed by atoms with van der Waals surface area (Å²) in [5, 5.41) is 46.5. The van der Waals surface area contributed by atoms with Gasteiger partial charge in [-0.15, -0.1) is 0 Å². The van der Waals surface area contributed by atoms with Gasteiger partial charge in [-0.2, -0.15) is 0 Å². The number of halogens is 2. The maximum Gasteiger partial charge on any atom is 0.195 e. The summed E-state index contributed by atoms with van der Waals surface area (Å²) in [4.78, 5) is 93.4. The predicted molar refractivity (Wildman–Crippen MR) is 485 cm³/mol. The van der Waals surface area contributed by atoms with Gasteiger partial charge in [0, 0.05) is 94.0 Å². The minimum Gasteiger partial charge on any atom is -0.508 e. The Bertz CT molecular complexity index is 5180. The van der Waals surface area contributed by atoms with Gasteiger partial charge >= 0.3 is 0 Å². The Morgan fingerprint density at radius 1 is 0.298 bits per heavy atom. The third-order valence-electron chi connectivity index (χ3n) is 27.2. The van der Waals surface area contributed by atoms with Gasteiger partial charge in [0.25, 0.3) is 0 Å². The molecule has 10 fully saturated rings. The Kier molecular flexibility index (Phi) is 30.0. The summed E-state index contributed by atoms with van der Waals surface area (Å²) in [7, 11) is 1.66. The molecule has 5 aliphatic carbocycles. The molecule has 686 valence electrons. The van der Waals surface area contributed by atoms with Crippen molar-refractivity contribution in [3.63, 3.8) is 0 Å². The normalized spacial score (nSPS) is 25.1. The second kappa shape index (κ2) is 42.7. The number of ketones is 5. The number of hydrogen-bond donors (Lipinski definition) is 5. The summed E-state index contributed by atoms with van der Waals surface area (Å²) >= 11 is 0. The van der Waals surface area contributed by atoms with Gasteiger partial charge in [-0.05, 0) is 283 Å². The van der Waals surface area contributed by atoms with Gasteiger partial charge in [0.05, 0.1) is 101 Å². The molecule has 0 bridgehead atoms. The van der Waals surface area contributed by atoms with Crippen molar-refractivity contribution in [2.45, 2.75) is 109 Å². The lowest BCUT2D eigenvalue weighted by molar-refractivity contribution is 0.0923. The van der Waals surface area contributed by atoms with Crippen LogP contribution in [0.1, 0.15) is 128 Å². The summed E-state index contributed by atoms with van der Waals surface area (Å²) in [6, 6.07) is 50.8. The smallest absolute Gasteiger partial charge is 0.195 e. The van der Waals surface area contributed by atoms with E-state index in [2.05, 4.69) is 49.4 Å². The third-order valence-corrected chi connectivity index (χ3v) is 27.2. The highest BCUT2D eigenvalue weighted by Gasteiger charge is 2.48.